The molecule has 0 atom stereocenters. The van der Waals surface area contributed by atoms with Gasteiger partial charge in [-0.2, -0.15) is 9.78 Å². The van der Waals surface area contributed by atoms with E-state index in [1.54, 1.807) is 0 Å². The first kappa shape index (κ1) is 15.8. The maximum Gasteiger partial charge on any atom is 0.382 e. The van der Waals surface area contributed by atoms with Gasteiger partial charge in [0.05, 0.1) is 0 Å². The molecule has 0 rings (SSSR count). The summed E-state index contributed by atoms with van der Waals surface area (Å²) in [5, 5.41) is 25.1. The average molecular weight is 268 g/mol. The monoisotopic (exact) mass is 268 g/mol. The zero-order chi connectivity index (χ0) is 14.1. The van der Waals surface area contributed by atoms with Crippen LogP contribution in [0.2, 0.25) is 0 Å². The molecule has 0 fully saturated rings. The van der Waals surface area contributed by atoms with E-state index in [1.165, 1.54) is 0 Å². The Kier molecular flexibility index (Phi) is 6.95. The number of aliphatic hydroxyl groups is 1. The highest BCUT2D eigenvalue weighted by Crippen LogP contribution is 1.95. The first-order chi connectivity index (χ1) is 8.34. The molecule has 3 N–H and O–H groups in total. The molecular weight excluding hydrogens is 260 g/mol. The van der Waals surface area contributed by atoms with Crippen molar-refractivity contribution < 1.29 is 54.0 Å². The first-order valence-corrected chi connectivity index (χ1v) is 4.13. The van der Waals surface area contributed by atoms with Gasteiger partial charge in [0.1, 0.15) is 0 Å². The van der Waals surface area contributed by atoms with Crippen molar-refractivity contribution in [3.63, 3.8) is 0 Å². The summed E-state index contributed by atoms with van der Waals surface area (Å²) >= 11 is 0. The fraction of sp³-hybridized carbons (Fsp3) is 0.429. The number of aliphatic carboxylic acids is 2. The van der Waals surface area contributed by atoms with Crippen LogP contribution in [0, 0.1) is 0 Å². The Morgan fingerprint density at radius 1 is 0.833 bits per heavy atom. The van der Waals surface area contributed by atoms with E-state index < -0.39 is 43.2 Å². The predicted molar refractivity (Wildman–Crippen MR) is 45.4 cm³/mol. The average Bonchev–Trinajstić information content (AvgIpc) is 2.26. The summed E-state index contributed by atoms with van der Waals surface area (Å²) in [6, 6.07) is 0. The summed E-state index contributed by atoms with van der Waals surface area (Å²) in [6.45, 7) is -1.99. The fourth-order valence-corrected chi connectivity index (χ4v) is 0.463. The molecule has 0 saturated heterocycles. The van der Waals surface area contributed by atoms with Crippen molar-refractivity contribution in [3.8, 4) is 0 Å². The van der Waals surface area contributed by atoms with Gasteiger partial charge in [-0.25, -0.2) is 19.2 Å². The molecule has 0 radical (unpaired) electrons. The third-order valence-electron chi connectivity index (χ3n) is 1.09. The second kappa shape index (κ2) is 7.94. The Hall–Kier alpha value is -2.24. The maximum absolute atomic E-state index is 10.8. The van der Waals surface area contributed by atoms with Crippen LogP contribution >= 0.6 is 0 Å². The zero-order valence-electron chi connectivity index (χ0n) is 8.60. The number of carbonyl (C=O) groups excluding carboxylic acids is 2. The Labute approximate surface area is 98.3 Å². The van der Waals surface area contributed by atoms with Crippen LogP contribution in [0.5, 0.6) is 0 Å². The van der Waals surface area contributed by atoms with Gasteiger partial charge in [-0.3, -0.25) is 9.78 Å². The quantitative estimate of drug-likeness (QED) is 0.241. The van der Waals surface area contributed by atoms with Crippen LogP contribution in [0.3, 0.4) is 0 Å². The van der Waals surface area contributed by atoms with E-state index in [-0.39, 0.29) is 0 Å². The molecule has 0 unspecified atom stereocenters. The minimum Gasteiger partial charge on any atom is -0.479 e. The van der Waals surface area contributed by atoms with Crippen LogP contribution in [0.4, 0.5) is 0 Å². The molecule has 0 aromatic heterocycles. The van der Waals surface area contributed by atoms with Crippen molar-refractivity contribution in [2.45, 2.75) is 6.10 Å². The van der Waals surface area contributed by atoms with E-state index in [0.717, 1.165) is 0 Å². The Bertz CT molecular complexity index is 302. The first-order valence-electron chi connectivity index (χ1n) is 4.13. The summed E-state index contributed by atoms with van der Waals surface area (Å²) in [7, 11) is 0. The van der Waals surface area contributed by atoms with E-state index in [2.05, 4.69) is 19.6 Å². The number of carboxylic acids is 2. The van der Waals surface area contributed by atoms with Crippen molar-refractivity contribution >= 4 is 23.9 Å². The lowest BCUT2D eigenvalue weighted by Crippen LogP contribution is -2.34. The lowest BCUT2D eigenvalue weighted by molar-refractivity contribution is -0.290. The maximum atomic E-state index is 10.8. The van der Waals surface area contributed by atoms with Crippen molar-refractivity contribution in [1.82, 2.24) is 0 Å². The second-order valence-electron chi connectivity index (χ2n) is 2.52. The molecule has 0 aromatic carbocycles. The van der Waals surface area contributed by atoms with Gasteiger partial charge in [-0.05, 0) is 0 Å². The van der Waals surface area contributed by atoms with Gasteiger partial charge in [-0.15, -0.1) is 0 Å². The van der Waals surface area contributed by atoms with Gasteiger partial charge in [-0.1, -0.05) is 0 Å². The molecule has 0 bridgehead atoms. The predicted octanol–water partition coefficient (Wildman–Crippen LogP) is -2.53. The summed E-state index contributed by atoms with van der Waals surface area (Å²) < 4.78 is 0. The van der Waals surface area contributed by atoms with Gasteiger partial charge in [0.2, 0.25) is 0 Å². The summed E-state index contributed by atoms with van der Waals surface area (Å²) in [5.41, 5.74) is 0. The van der Waals surface area contributed by atoms with E-state index in [4.69, 9.17) is 15.3 Å². The molecule has 0 spiro atoms. The molecular formula is C7H8O11. The van der Waals surface area contributed by atoms with E-state index in [0.29, 0.717) is 0 Å². The lowest BCUT2D eigenvalue weighted by atomic mass is 10.4. The topological polar surface area (TPSA) is 166 Å². The van der Waals surface area contributed by atoms with E-state index in [9.17, 15) is 19.2 Å². The number of hydrogen-bond donors (Lipinski definition) is 3. The van der Waals surface area contributed by atoms with E-state index >= 15 is 0 Å². The highest BCUT2D eigenvalue weighted by molar-refractivity contribution is 5.97. The van der Waals surface area contributed by atoms with Crippen LogP contribution in [0.25, 0.3) is 0 Å². The van der Waals surface area contributed by atoms with Gasteiger partial charge < -0.3 is 15.3 Å². The molecule has 11 nitrogen and oxygen atoms in total. The highest BCUT2D eigenvalue weighted by Gasteiger charge is 2.29. The standard InChI is InChI=1S/C7H8O11/c8-3(9)1-15-17-6(13)5(12)7(14)18-16-2-4(10)11/h5,12H,1-2H2,(H,8,9)(H,10,11). The van der Waals surface area contributed by atoms with Gasteiger partial charge in [0.25, 0.3) is 6.10 Å². The van der Waals surface area contributed by atoms with Crippen molar-refractivity contribution in [2.75, 3.05) is 13.2 Å². The molecule has 0 aliphatic heterocycles. The van der Waals surface area contributed by atoms with Gasteiger partial charge >= 0.3 is 23.9 Å². The normalized spacial score (nSPS) is 9.89. The number of carboxylic acid groups (broad SMARTS) is 2. The van der Waals surface area contributed by atoms with Crippen molar-refractivity contribution in [3.05, 3.63) is 0 Å². The number of hydrogen-bond acceptors (Lipinski definition) is 9. The van der Waals surface area contributed by atoms with Crippen LogP contribution in [0.1, 0.15) is 0 Å². The van der Waals surface area contributed by atoms with Crippen molar-refractivity contribution in [2.24, 2.45) is 0 Å². The largest absolute Gasteiger partial charge is 0.479 e. The smallest absolute Gasteiger partial charge is 0.382 e. The van der Waals surface area contributed by atoms with E-state index in [1.807, 2.05) is 0 Å². The molecule has 11 heteroatoms. The number of carbonyl (C=O) groups is 4. The third-order valence-corrected chi connectivity index (χ3v) is 1.09. The minimum absolute atomic E-state index is 0.997. The zero-order valence-corrected chi connectivity index (χ0v) is 8.60. The van der Waals surface area contributed by atoms with Crippen LogP contribution in [0.15, 0.2) is 0 Å². The summed E-state index contributed by atoms with van der Waals surface area (Å²) in [6.07, 6.45) is -2.47. The Balaban J connectivity index is 3.93. The molecule has 0 aliphatic rings. The summed E-state index contributed by atoms with van der Waals surface area (Å²) in [4.78, 5) is 56.6. The molecule has 0 amide bonds. The molecule has 0 aliphatic carbocycles. The van der Waals surface area contributed by atoms with Crippen LogP contribution in [-0.4, -0.2) is 58.5 Å². The SMILES string of the molecule is O=C(O)COOC(=O)C(O)C(=O)OOCC(=O)O. The molecule has 102 valence electrons. The number of rotatable bonds is 8. The minimum atomic E-state index is -2.47. The lowest BCUT2D eigenvalue weighted by Gasteiger charge is -2.07. The summed E-state index contributed by atoms with van der Waals surface area (Å²) in [5.74, 6) is -6.21. The number of aliphatic hydroxyl groups excluding tert-OH is 1. The van der Waals surface area contributed by atoms with Crippen LogP contribution in [-0.2, 0) is 38.7 Å². The second-order valence-corrected chi connectivity index (χ2v) is 2.52. The Morgan fingerprint density at radius 3 is 1.44 bits per heavy atom. The highest BCUT2D eigenvalue weighted by atomic mass is 17.2. The van der Waals surface area contributed by atoms with Crippen molar-refractivity contribution in [1.29, 1.82) is 0 Å². The van der Waals surface area contributed by atoms with Gasteiger partial charge in [0.15, 0.2) is 13.2 Å². The molecule has 18 heavy (non-hydrogen) atoms. The third kappa shape index (κ3) is 7.10. The van der Waals surface area contributed by atoms with Gasteiger partial charge in [0, 0.05) is 0 Å². The molecule has 0 saturated carbocycles. The fourth-order valence-electron chi connectivity index (χ4n) is 0.463. The molecule has 0 aromatic rings. The Morgan fingerprint density at radius 2 is 1.17 bits per heavy atom. The van der Waals surface area contributed by atoms with Crippen LogP contribution < -0.4 is 0 Å². The molecule has 0 heterocycles.